The maximum absolute atomic E-state index is 12.8. The summed E-state index contributed by atoms with van der Waals surface area (Å²) in [5.74, 6) is -1.18. The van der Waals surface area contributed by atoms with Crippen molar-refractivity contribution in [1.82, 2.24) is 10.3 Å². The molecule has 0 saturated heterocycles. The number of carbonyl (C=O) groups excluding carboxylic acids is 3. The largest absolute Gasteiger partial charge is 0.493 e. The van der Waals surface area contributed by atoms with Crippen LogP contribution in [0.3, 0.4) is 0 Å². The molecule has 31 heavy (non-hydrogen) atoms. The summed E-state index contributed by atoms with van der Waals surface area (Å²) in [6, 6.07) is 11.2. The molecule has 0 aliphatic rings. The minimum Gasteiger partial charge on any atom is -0.493 e. The van der Waals surface area contributed by atoms with Gasteiger partial charge in [0.05, 0.1) is 14.2 Å². The number of H-pyrrole nitrogens is 1. The number of hydrogen-bond donors (Lipinski definition) is 3. The number of aromatic amines is 1. The second-order valence-corrected chi connectivity index (χ2v) is 6.73. The van der Waals surface area contributed by atoms with Crippen LogP contribution in [0.5, 0.6) is 11.5 Å². The van der Waals surface area contributed by atoms with E-state index < -0.39 is 23.8 Å². The number of fused-ring (bicyclic) bond motifs is 1. The number of para-hydroxylation sites is 1. The predicted molar refractivity (Wildman–Crippen MR) is 113 cm³/mol. The van der Waals surface area contributed by atoms with E-state index in [-0.39, 0.29) is 30.1 Å². The Morgan fingerprint density at radius 1 is 1.10 bits per heavy atom. The topological polar surface area (TPSA) is 133 Å². The zero-order valence-electron chi connectivity index (χ0n) is 17.1. The molecular formula is C22H23N3O6. The minimum absolute atomic E-state index is 0.246. The summed E-state index contributed by atoms with van der Waals surface area (Å²) in [4.78, 5) is 39.2. The molecule has 0 aliphatic carbocycles. The number of ether oxygens (including phenoxy) is 3. The van der Waals surface area contributed by atoms with Crippen LogP contribution in [0.2, 0.25) is 0 Å². The summed E-state index contributed by atoms with van der Waals surface area (Å²) < 4.78 is 15.4. The molecule has 1 heterocycles. The summed E-state index contributed by atoms with van der Waals surface area (Å²) in [5, 5.41) is 3.67. The van der Waals surface area contributed by atoms with Gasteiger partial charge in [0.25, 0.3) is 11.8 Å². The summed E-state index contributed by atoms with van der Waals surface area (Å²) in [6.45, 7) is -0.322. The molecular weight excluding hydrogens is 402 g/mol. The third-order valence-electron chi connectivity index (χ3n) is 4.69. The van der Waals surface area contributed by atoms with Gasteiger partial charge in [-0.1, -0.05) is 18.2 Å². The van der Waals surface area contributed by atoms with Gasteiger partial charge in [0, 0.05) is 29.1 Å². The molecule has 1 aromatic heterocycles. The van der Waals surface area contributed by atoms with E-state index in [9.17, 15) is 14.4 Å². The molecule has 4 N–H and O–H groups in total. The Hall–Kier alpha value is -4.01. The van der Waals surface area contributed by atoms with Crippen LogP contribution in [-0.4, -0.2) is 49.6 Å². The molecule has 2 amide bonds. The minimum atomic E-state index is -0.895. The number of rotatable bonds is 9. The van der Waals surface area contributed by atoms with Crippen LogP contribution in [0.1, 0.15) is 15.9 Å². The Bertz CT molecular complexity index is 1110. The summed E-state index contributed by atoms with van der Waals surface area (Å²) in [6.07, 6.45) is 2.06. The van der Waals surface area contributed by atoms with Crippen molar-refractivity contribution in [1.29, 1.82) is 0 Å². The van der Waals surface area contributed by atoms with Gasteiger partial charge < -0.3 is 30.2 Å². The Labute approximate surface area is 178 Å². The van der Waals surface area contributed by atoms with Crippen molar-refractivity contribution >= 4 is 28.7 Å². The fraction of sp³-hybridized carbons (Fsp3) is 0.227. The number of nitrogens with two attached hydrogens (primary N) is 1. The van der Waals surface area contributed by atoms with Gasteiger partial charge in [-0.05, 0) is 29.8 Å². The number of methoxy groups -OCH3 is 2. The molecule has 9 heteroatoms. The van der Waals surface area contributed by atoms with Gasteiger partial charge in [0.2, 0.25) is 0 Å². The Balaban J connectivity index is 1.79. The predicted octanol–water partition coefficient (Wildman–Crippen LogP) is 1.55. The number of nitrogens with one attached hydrogen (secondary N) is 2. The first-order valence-corrected chi connectivity index (χ1v) is 9.45. The average molecular weight is 425 g/mol. The number of benzene rings is 2. The summed E-state index contributed by atoms with van der Waals surface area (Å²) in [5.41, 5.74) is 7.14. The quantitative estimate of drug-likeness (QED) is 0.446. The van der Waals surface area contributed by atoms with Crippen molar-refractivity contribution in [2.75, 3.05) is 20.8 Å². The average Bonchev–Trinajstić information content (AvgIpc) is 3.19. The second kappa shape index (κ2) is 9.66. The van der Waals surface area contributed by atoms with Crippen molar-refractivity contribution in [3.05, 3.63) is 59.8 Å². The van der Waals surface area contributed by atoms with Crippen molar-refractivity contribution in [3.8, 4) is 11.5 Å². The van der Waals surface area contributed by atoms with E-state index in [1.54, 1.807) is 6.20 Å². The summed E-state index contributed by atoms with van der Waals surface area (Å²) in [7, 11) is 2.67. The number of carbonyl (C=O) groups is 3. The van der Waals surface area contributed by atoms with E-state index in [4.69, 9.17) is 19.9 Å². The highest BCUT2D eigenvalue weighted by Crippen LogP contribution is 2.28. The van der Waals surface area contributed by atoms with Gasteiger partial charge in [0.15, 0.2) is 18.1 Å². The van der Waals surface area contributed by atoms with Crippen molar-refractivity contribution in [3.63, 3.8) is 0 Å². The van der Waals surface area contributed by atoms with Gasteiger partial charge in [-0.25, -0.2) is 4.79 Å². The lowest BCUT2D eigenvalue weighted by atomic mass is 10.0. The van der Waals surface area contributed by atoms with E-state index in [1.807, 2.05) is 24.3 Å². The fourth-order valence-electron chi connectivity index (χ4n) is 3.17. The van der Waals surface area contributed by atoms with E-state index in [1.165, 1.54) is 32.4 Å². The highest BCUT2D eigenvalue weighted by molar-refractivity contribution is 5.97. The number of primary amides is 1. The van der Waals surface area contributed by atoms with Crippen molar-refractivity contribution in [2.45, 2.75) is 12.5 Å². The van der Waals surface area contributed by atoms with Crippen LogP contribution in [0.25, 0.3) is 10.9 Å². The molecule has 0 radical (unpaired) electrons. The van der Waals surface area contributed by atoms with E-state index in [0.29, 0.717) is 0 Å². The van der Waals surface area contributed by atoms with E-state index in [2.05, 4.69) is 10.3 Å². The Morgan fingerprint density at radius 3 is 2.58 bits per heavy atom. The maximum Gasteiger partial charge on any atom is 0.328 e. The van der Waals surface area contributed by atoms with Crippen molar-refractivity contribution in [2.24, 2.45) is 5.73 Å². The van der Waals surface area contributed by atoms with Crippen LogP contribution in [0.15, 0.2) is 48.7 Å². The van der Waals surface area contributed by atoms with Gasteiger partial charge in [-0.2, -0.15) is 0 Å². The molecule has 0 saturated carbocycles. The number of amides is 2. The van der Waals surface area contributed by atoms with Crippen LogP contribution >= 0.6 is 0 Å². The normalized spacial score (nSPS) is 11.5. The molecule has 0 spiro atoms. The lowest BCUT2D eigenvalue weighted by Crippen LogP contribution is -2.43. The SMILES string of the molecule is COC(=O)[C@@H](Cc1c[nH]c2ccccc12)NC(=O)c1ccc(OCC(N)=O)c(OC)c1. The molecule has 0 aliphatic heterocycles. The first kappa shape index (κ1) is 21.7. The third-order valence-corrected chi connectivity index (χ3v) is 4.69. The highest BCUT2D eigenvalue weighted by atomic mass is 16.5. The number of esters is 1. The van der Waals surface area contributed by atoms with Crippen LogP contribution in [0, 0.1) is 0 Å². The van der Waals surface area contributed by atoms with Gasteiger partial charge >= 0.3 is 5.97 Å². The second-order valence-electron chi connectivity index (χ2n) is 6.73. The van der Waals surface area contributed by atoms with E-state index in [0.717, 1.165) is 16.5 Å². The van der Waals surface area contributed by atoms with Crippen molar-refractivity contribution < 1.29 is 28.6 Å². The monoisotopic (exact) mass is 425 g/mol. The third kappa shape index (κ3) is 5.13. The standard InChI is InChI=1S/C22H23N3O6/c1-29-19-10-13(7-8-18(19)31-12-20(23)26)21(27)25-17(22(28)30-2)9-14-11-24-16-6-4-3-5-15(14)16/h3-8,10-11,17,24H,9,12H2,1-2H3,(H2,23,26)(H,25,27)/t17-/m1/s1. The van der Waals surface area contributed by atoms with Gasteiger partial charge in [-0.15, -0.1) is 0 Å². The maximum atomic E-state index is 12.8. The van der Waals surface area contributed by atoms with Gasteiger partial charge in [-0.3, -0.25) is 9.59 Å². The lowest BCUT2D eigenvalue weighted by molar-refractivity contribution is -0.142. The fourth-order valence-corrected chi connectivity index (χ4v) is 3.17. The molecule has 9 nitrogen and oxygen atoms in total. The molecule has 0 fully saturated rings. The van der Waals surface area contributed by atoms with Gasteiger partial charge in [0.1, 0.15) is 6.04 Å². The molecule has 3 rings (SSSR count). The van der Waals surface area contributed by atoms with Crippen LogP contribution in [-0.2, 0) is 20.7 Å². The first-order chi connectivity index (χ1) is 14.9. The zero-order chi connectivity index (χ0) is 22.4. The lowest BCUT2D eigenvalue weighted by Gasteiger charge is -2.17. The van der Waals surface area contributed by atoms with E-state index >= 15 is 0 Å². The Kier molecular flexibility index (Phi) is 6.76. The smallest absolute Gasteiger partial charge is 0.328 e. The van der Waals surface area contributed by atoms with Crippen LogP contribution in [0.4, 0.5) is 0 Å². The molecule has 162 valence electrons. The molecule has 2 aromatic carbocycles. The number of hydrogen-bond acceptors (Lipinski definition) is 6. The zero-order valence-corrected chi connectivity index (χ0v) is 17.1. The molecule has 0 unspecified atom stereocenters. The molecule has 3 aromatic rings. The van der Waals surface area contributed by atoms with Crippen LogP contribution < -0.4 is 20.5 Å². The number of aromatic nitrogens is 1. The molecule has 0 bridgehead atoms. The Morgan fingerprint density at radius 2 is 1.87 bits per heavy atom. The first-order valence-electron chi connectivity index (χ1n) is 9.45. The highest BCUT2D eigenvalue weighted by Gasteiger charge is 2.24. The molecule has 1 atom stereocenters. The summed E-state index contributed by atoms with van der Waals surface area (Å²) >= 11 is 0.